The molecule has 0 bridgehead atoms. The Morgan fingerprint density at radius 1 is 1.18 bits per heavy atom. The highest BCUT2D eigenvalue weighted by molar-refractivity contribution is 7.10. The zero-order chi connectivity index (χ0) is 12.3. The van der Waals surface area contributed by atoms with Crippen LogP contribution in [0.4, 0.5) is 0 Å². The molecule has 0 radical (unpaired) electrons. The highest BCUT2D eigenvalue weighted by Crippen LogP contribution is 2.30. The number of hydrazine groups is 1. The lowest BCUT2D eigenvalue weighted by molar-refractivity contribution is 0.561. The Morgan fingerprint density at radius 2 is 1.88 bits per heavy atom. The van der Waals surface area contributed by atoms with Gasteiger partial charge in [-0.1, -0.05) is 35.3 Å². The van der Waals surface area contributed by atoms with Crippen LogP contribution in [0.15, 0.2) is 35.7 Å². The van der Waals surface area contributed by atoms with Crippen LogP contribution in [0.25, 0.3) is 0 Å². The quantitative estimate of drug-likeness (QED) is 0.663. The summed E-state index contributed by atoms with van der Waals surface area (Å²) in [6.45, 7) is 0. The lowest BCUT2D eigenvalue weighted by atomic mass is 10.1. The first kappa shape index (κ1) is 12.9. The average Bonchev–Trinajstić information content (AvgIpc) is 2.75. The highest BCUT2D eigenvalue weighted by atomic mass is 35.5. The number of hydrogen-bond donors (Lipinski definition) is 2. The largest absolute Gasteiger partial charge is 0.271 e. The molecule has 17 heavy (non-hydrogen) atoms. The Morgan fingerprint density at radius 3 is 2.41 bits per heavy atom. The normalized spacial score (nSPS) is 12.6. The van der Waals surface area contributed by atoms with Crippen molar-refractivity contribution in [2.75, 3.05) is 0 Å². The third-order valence-electron chi connectivity index (χ3n) is 2.52. The number of halogens is 2. The van der Waals surface area contributed by atoms with Crippen molar-refractivity contribution in [1.82, 2.24) is 5.43 Å². The minimum Gasteiger partial charge on any atom is -0.271 e. The molecule has 5 heteroatoms. The summed E-state index contributed by atoms with van der Waals surface area (Å²) in [5, 5.41) is 3.45. The molecule has 3 N–H and O–H groups in total. The van der Waals surface area contributed by atoms with Gasteiger partial charge in [-0.15, -0.1) is 11.3 Å². The maximum atomic E-state index is 6.10. The molecule has 0 aliphatic carbocycles. The third-order valence-corrected chi connectivity index (χ3v) is 4.24. The predicted molar refractivity (Wildman–Crippen MR) is 74.5 cm³/mol. The molecule has 0 saturated heterocycles. The molecule has 2 aromatic rings. The Balaban J connectivity index is 2.16. The lowest BCUT2D eigenvalue weighted by Crippen LogP contribution is -2.29. The number of hydrogen-bond acceptors (Lipinski definition) is 3. The van der Waals surface area contributed by atoms with Crippen LogP contribution < -0.4 is 11.3 Å². The molecule has 1 unspecified atom stereocenters. The van der Waals surface area contributed by atoms with E-state index in [0.29, 0.717) is 0 Å². The Labute approximate surface area is 114 Å². The molecule has 0 saturated carbocycles. The minimum atomic E-state index is 0.0312. The van der Waals surface area contributed by atoms with E-state index in [1.807, 2.05) is 35.7 Å². The van der Waals surface area contributed by atoms with Crippen LogP contribution in [0.1, 0.15) is 16.5 Å². The predicted octanol–water partition coefficient (Wildman–Crippen LogP) is 3.80. The first-order valence-corrected chi connectivity index (χ1v) is 6.77. The molecule has 0 aliphatic rings. The van der Waals surface area contributed by atoms with Crippen molar-refractivity contribution >= 4 is 34.5 Å². The SMILES string of the molecule is NNC(Cc1ccc(Cl)cc1)c1sccc1Cl. The summed E-state index contributed by atoms with van der Waals surface area (Å²) in [5.74, 6) is 5.58. The van der Waals surface area contributed by atoms with Crippen LogP contribution in [-0.2, 0) is 6.42 Å². The molecule has 0 amide bonds. The maximum absolute atomic E-state index is 6.10. The highest BCUT2D eigenvalue weighted by Gasteiger charge is 2.15. The Hall–Kier alpha value is -0.580. The molecule has 1 aromatic heterocycles. The van der Waals surface area contributed by atoms with Crippen molar-refractivity contribution in [3.05, 3.63) is 56.2 Å². The van der Waals surface area contributed by atoms with E-state index < -0.39 is 0 Å². The van der Waals surface area contributed by atoms with Crippen molar-refractivity contribution in [1.29, 1.82) is 0 Å². The number of thiophene rings is 1. The zero-order valence-corrected chi connectivity index (χ0v) is 11.3. The second-order valence-electron chi connectivity index (χ2n) is 3.68. The van der Waals surface area contributed by atoms with Gasteiger partial charge in [0.1, 0.15) is 0 Å². The Bertz CT molecular complexity index is 482. The van der Waals surface area contributed by atoms with Crippen LogP contribution >= 0.6 is 34.5 Å². The van der Waals surface area contributed by atoms with Crippen LogP contribution in [0.5, 0.6) is 0 Å². The van der Waals surface area contributed by atoms with Crippen LogP contribution in [0, 0.1) is 0 Å². The van der Waals surface area contributed by atoms with Gasteiger partial charge in [-0.3, -0.25) is 11.3 Å². The van der Waals surface area contributed by atoms with E-state index in [1.54, 1.807) is 11.3 Å². The van der Waals surface area contributed by atoms with Crippen molar-refractivity contribution in [2.45, 2.75) is 12.5 Å². The lowest BCUT2D eigenvalue weighted by Gasteiger charge is -2.15. The molecular weight excluding hydrogens is 275 g/mol. The average molecular weight is 287 g/mol. The van der Waals surface area contributed by atoms with E-state index in [-0.39, 0.29) is 6.04 Å². The fourth-order valence-corrected chi connectivity index (χ4v) is 3.01. The summed E-state index contributed by atoms with van der Waals surface area (Å²) >= 11 is 13.6. The number of nitrogens with one attached hydrogen (secondary N) is 1. The monoisotopic (exact) mass is 286 g/mol. The van der Waals surface area contributed by atoms with Crippen LogP contribution in [0.3, 0.4) is 0 Å². The molecule has 1 atom stereocenters. The van der Waals surface area contributed by atoms with Gasteiger partial charge in [-0.2, -0.15) is 0 Å². The smallest absolute Gasteiger partial charge is 0.0608 e. The fourth-order valence-electron chi connectivity index (χ4n) is 1.64. The van der Waals surface area contributed by atoms with E-state index in [0.717, 1.165) is 21.3 Å². The molecule has 0 fully saturated rings. The summed E-state index contributed by atoms with van der Waals surface area (Å²) in [5.41, 5.74) is 3.97. The molecule has 1 aromatic carbocycles. The van der Waals surface area contributed by atoms with Gasteiger partial charge in [-0.05, 0) is 35.6 Å². The van der Waals surface area contributed by atoms with Gasteiger partial charge in [0.05, 0.1) is 11.1 Å². The van der Waals surface area contributed by atoms with Gasteiger partial charge in [0.25, 0.3) is 0 Å². The molecule has 1 heterocycles. The van der Waals surface area contributed by atoms with Crippen LogP contribution in [0.2, 0.25) is 10.0 Å². The van der Waals surface area contributed by atoms with E-state index in [1.165, 1.54) is 5.56 Å². The molecule has 0 spiro atoms. The van der Waals surface area contributed by atoms with E-state index in [4.69, 9.17) is 29.0 Å². The third kappa shape index (κ3) is 3.21. The summed E-state index contributed by atoms with van der Waals surface area (Å²) in [6, 6.07) is 9.65. The first-order chi connectivity index (χ1) is 8.20. The second-order valence-corrected chi connectivity index (χ2v) is 5.47. The Kier molecular flexibility index (Phi) is 4.42. The van der Waals surface area contributed by atoms with E-state index in [9.17, 15) is 0 Å². The van der Waals surface area contributed by atoms with E-state index in [2.05, 4.69) is 5.43 Å². The van der Waals surface area contributed by atoms with Gasteiger partial charge in [-0.25, -0.2) is 0 Å². The number of rotatable bonds is 4. The van der Waals surface area contributed by atoms with Crippen molar-refractivity contribution in [3.63, 3.8) is 0 Å². The molecular formula is C12H12Cl2N2S. The van der Waals surface area contributed by atoms with E-state index >= 15 is 0 Å². The molecule has 2 rings (SSSR count). The topological polar surface area (TPSA) is 38.0 Å². The zero-order valence-electron chi connectivity index (χ0n) is 8.99. The number of nitrogens with two attached hydrogens (primary N) is 1. The van der Waals surface area contributed by atoms with Gasteiger partial charge in [0.15, 0.2) is 0 Å². The molecule has 0 aliphatic heterocycles. The second kappa shape index (κ2) is 5.85. The van der Waals surface area contributed by atoms with Crippen molar-refractivity contribution in [3.8, 4) is 0 Å². The van der Waals surface area contributed by atoms with Gasteiger partial charge in [0.2, 0.25) is 0 Å². The maximum Gasteiger partial charge on any atom is 0.0608 e. The van der Waals surface area contributed by atoms with Crippen molar-refractivity contribution in [2.24, 2.45) is 5.84 Å². The summed E-state index contributed by atoms with van der Waals surface area (Å²) < 4.78 is 0. The fraction of sp³-hybridized carbons (Fsp3) is 0.167. The first-order valence-electron chi connectivity index (χ1n) is 5.14. The summed E-state index contributed by atoms with van der Waals surface area (Å²) in [7, 11) is 0. The van der Waals surface area contributed by atoms with Crippen LogP contribution in [-0.4, -0.2) is 0 Å². The van der Waals surface area contributed by atoms with Crippen molar-refractivity contribution < 1.29 is 0 Å². The standard InChI is InChI=1S/C12H12Cl2N2S/c13-9-3-1-8(2-4-9)7-11(16-15)12-10(14)5-6-17-12/h1-6,11,16H,7,15H2. The number of benzene rings is 1. The summed E-state index contributed by atoms with van der Waals surface area (Å²) in [6.07, 6.45) is 0.786. The molecule has 90 valence electrons. The van der Waals surface area contributed by atoms with Gasteiger partial charge >= 0.3 is 0 Å². The molecule has 2 nitrogen and oxygen atoms in total. The van der Waals surface area contributed by atoms with Gasteiger partial charge < -0.3 is 0 Å². The van der Waals surface area contributed by atoms with Gasteiger partial charge in [0, 0.05) is 9.90 Å². The summed E-state index contributed by atoms with van der Waals surface area (Å²) in [4.78, 5) is 1.06. The minimum absolute atomic E-state index is 0.0312.